The Morgan fingerprint density at radius 1 is 0.952 bits per heavy atom. The summed E-state index contributed by atoms with van der Waals surface area (Å²) in [6.07, 6.45) is 0. The SMILES string of the molecule is Cc1cccc(Oc2ccccc2)c1N=C(N)N=C(N)N. The zero-order chi connectivity index (χ0) is 15.2. The quantitative estimate of drug-likeness (QED) is 0.590. The van der Waals surface area contributed by atoms with Crippen LogP contribution in [0.1, 0.15) is 5.56 Å². The second-order valence-electron chi connectivity index (χ2n) is 4.34. The molecule has 6 nitrogen and oxygen atoms in total. The molecule has 2 aromatic rings. The van der Waals surface area contributed by atoms with Crippen molar-refractivity contribution in [3.63, 3.8) is 0 Å². The minimum Gasteiger partial charge on any atom is -0.455 e. The van der Waals surface area contributed by atoms with Crippen molar-refractivity contribution in [3.8, 4) is 11.5 Å². The van der Waals surface area contributed by atoms with Crippen LogP contribution in [0.25, 0.3) is 0 Å². The highest BCUT2D eigenvalue weighted by Crippen LogP contribution is 2.34. The minimum absolute atomic E-state index is 0.0257. The van der Waals surface area contributed by atoms with Crippen molar-refractivity contribution < 1.29 is 4.74 Å². The van der Waals surface area contributed by atoms with Gasteiger partial charge in [-0.2, -0.15) is 4.99 Å². The van der Waals surface area contributed by atoms with Crippen molar-refractivity contribution in [3.05, 3.63) is 54.1 Å². The Bertz CT molecular complexity index is 676. The fourth-order valence-electron chi connectivity index (χ4n) is 1.74. The van der Waals surface area contributed by atoms with Gasteiger partial charge in [0.1, 0.15) is 11.4 Å². The van der Waals surface area contributed by atoms with Crippen LogP contribution in [-0.4, -0.2) is 11.9 Å². The van der Waals surface area contributed by atoms with E-state index >= 15 is 0 Å². The summed E-state index contributed by atoms with van der Waals surface area (Å²) in [5.74, 6) is 1.12. The van der Waals surface area contributed by atoms with E-state index in [1.54, 1.807) is 0 Å². The number of aryl methyl sites for hydroxylation is 1. The fraction of sp³-hybridized carbons (Fsp3) is 0.0667. The van der Waals surface area contributed by atoms with Gasteiger partial charge in [0, 0.05) is 0 Å². The molecule has 0 atom stereocenters. The highest BCUT2D eigenvalue weighted by atomic mass is 16.5. The molecular formula is C15H17N5O. The van der Waals surface area contributed by atoms with Gasteiger partial charge in [0.05, 0.1) is 0 Å². The lowest BCUT2D eigenvalue weighted by Gasteiger charge is -2.10. The molecule has 0 aliphatic carbocycles. The topological polar surface area (TPSA) is 112 Å². The van der Waals surface area contributed by atoms with E-state index in [1.807, 2.05) is 55.5 Å². The summed E-state index contributed by atoms with van der Waals surface area (Å²) in [5.41, 5.74) is 17.7. The van der Waals surface area contributed by atoms with Crippen LogP contribution in [0.15, 0.2) is 58.5 Å². The van der Waals surface area contributed by atoms with Crippen molar-refractivity contribution in [1.82, 2.24) is 0 Å². The Morgan fingerprint density at radius 3 is 2.33 bits per heavy atom. The molecule has 0 aromatic heterocycles. The molecule has 0 bridgehead atoms. The van der Waals surface area contributed by atoms with Crippen molar-refractivity contribution in [2.75, 3.05) is 0 Å². The van der Waals surface area contributed by atoms with Crippen LogP contribution >= 0.6 is 0 Å². The zero-order valence-corrected chi connectivity index (χ0v) is 11.7. The minimum atomic E-state index is -0.143. The molecule has 0 spiro atoms. The molecule has 0 amide bonds. The second kappa shape index (κ2) is 6.42. The van der Waals surface area contributed by atoms with Gasteiger partial charge in [0.15, 0.2) is 11.7 Å². The molecule has 6 N–H and O–H groups in total. The average molecular weight is 283 g/mol. The first-order chi connectivity index (χ1) is 10.1. The maximum Gasteiger partial charge on any atom is 0.223 e. The number of hydrogen-bond acceptors (Lipinski definition) is 2. The van der Waals surface area contributed by atoms with Gasteiger partial charge in [-0.1, -0.05) is 30.3 Å². The van der Waals surface area contributed by atoms with Gasteiger partial charge in [0.2, 0.25) is 5.96 Å². The lowest BCUT2D eigenvalue weighted by Crippen LogP contribution is -2.26. The van der Waals surface area contributed by atoms with Crippen molar-refractivity contribution in [2.45, 2.75) is 6.92 Å². The van der Waals surface area contributed by atoms with Crippen LogP contribution in [-0.2, 0) is 0 Å². The Kier molecular flexibility index (Phi) is 4.40. The summed E-state index contributed by atoms with van der Waals surface area (Å²) < 4.78 is 5.82. The van der Waals surface area contributed by atoms with E-state index < -0.39 is 0 Å². The smallest absolute Gasteiger partial charge is 0.223 e. The highest BCUT2D eigenvalue weighted by Gasteiger charge is 2.08. The van der Waals surface area contributed by atoms with Crippen LogP contribution in [0.3, 0.4) is 0 Å². The molecule has 21 heavy (non-hydrogen) atoms. The van der Waals surface area contributed by atoms with Crippen LogP contribution in [0, 0.1) is 6.92 Å². The third kappa shape index (κ3) is 3.97. The predicted molar refractivity (Wildman–Crippen MR) is 84.8 cm³/mol. The lowest BCUT2D eigenvalue weighted by molar-refractivity contribution is 0.483. The zero-order valence-electron chi connectivity index (χ0n) is 11.7. The van der Waals surface area contributed by atoms with Crippen LogP contribution in [0.5, 0.6) is 11.5 Å². The summed E-state index contributed by atoms with van der Waals surface area (Å²) >= 11 is 0. The molecule has 2 rings (SSSR count). The molecule has 0 radical (unpaired) electrons. The maximum atomic E-state index is 5.82. The monoisotopic (exact) mass is 283 g/mol. The number of guanidine groups is 2. The fourth-order valence-corrected chi connectivity index (χ4v) is 1.74. The molecule has 0 heterocycles. The van der Waals surface area contributed by atoms with E-state index in [1.165, 1.54) is 0 Å². The lowest BCUT2D eigenvalue weighted by atomic mass is 10.2. The van der Waals surface area contributed by atoms with E-state index in [0.717, 1.165) is 5.56 Å². The number of hydrogen-bond donors (Lipinski definition) is 3. The molecule has 108 valence electrons. The summed E-state index contributed by atoms with van der Waals surface area (Å²) in [6.45, 7) is 1.90. The van der Waals surface area contributed by atoms with Crippen LogP contribution < -0.4 is 21.9 Å². The number of benzene rings is 2. The highest BCUT2D eigenvalue weighted by molar-refractivity contribution is 5.94. The number of nitrogens with two attached hydrogens (primary N) is 3. The van der Waals surface area contributed by atoms with Gasteiger partial charge in [0.25, 0.3) is 0 Å². The number of aliphatic imine (C=N–C) groups is 2. The maximum absolute atomic E-state index is 5.82. The molecule has 0 aliphatic rings. The summed E-state index contributed by atoms with van der Waals surface area (Å²) in [4.78, 5) is 7.92. The van der Waals surface area contributed by atoms with Gasteiger partial charge in [-0.25, -0.2) is 4.99 Å². The van der Waals surface area contributed by atoms with Crippen molar-refractivity contribution >= 4 is 17.6 Å². The molecule has 0 saturated carbocycles. The molecule has 6 heteroatoms. The number of para-hydroxylation sites is 2. The Balaban J connectivity index is 2.39. The van der Waals surface area contributed by atoms with E-state index in [9.17, 15) is 0 Å². The Hall–Kier alpha value is -3.02. The standard InChI is InChI=1S/C15H17N5O/c1-10-6-5-9-12(21-11-7-3-2-4-8-11)13(10)19-15(18)20-14(16)17/h2-9H,1H3,(H6,16,17,18,19,20). The van der Waals surface area contributed by atoms with Gasteiger partial charge >= 0.3 is 0 Å². The van der Waals surface area contributed by atoms with Gasteiger partial charge in [-0.05, 0) is 30.7 Å². The summed E-state index contributed by atoms with van der Waals surface area (Å²) in [5, 5.41) is 0. The van der Waals surface area contributed by atoms with Crippen LogP contribution in [0.4, 0.5) is 5.69 Å². The molecular weight excluding hydrogens is 266 g/mol. The Morgan fingerprint density at radius 2 is 1.67 bits per heavy atom. The first-order valence-electron chi connectivity index (χ1n) is 6.32. The normalized spacial score (nSPS) is 11.0. The molecule has 2 aromatic carbocycles. The van der Waals surface area contributed by atoms with E-state index in [2.05, 4.69) is 9.98 Å². The molecule has 0 fully saturated rings. The first-order valence-corrected chi connectivity index (χ1v) is 6.32. The molecule has 0 unspecified atom stereocenters. The third-order valence-corrected chi connectivity index (χ3v) is 2.64. The van der Waals surface area contributed by atoms with Gasteiger partial charge in [-0.15, -0.1) is 0 Å². The first kappa shape index (κ1) is 14.4. The van der Waals surface area contributed by atoms with Crippen molar-refractivity contribution in [1.29, 1.82) is 0 Å². The molecule has 0 saturated heterocycles. The van der Waals surface area contributed by atoms with E-state index in [0.29, 0.717) is 17.2 Å². The molecule has 0 aliphatic heterocycles. The number of nitrogens with zero attached hydrogens (tertiary/aromatic N) is 2. The van der Waals surface area contributed by atoms with E-state index in [-0.39, 0.29) is 11.9 Å². The predicted octanol–water partition coefficient (Wildman–Crippen LogP) is 2.01. The number of rotatable bonds is 3. The average Bonchev–Trinajstić information content (AvgIpc) is 2.43. The summed E-state index contributed by atoms with van der Waals surface area (Å²) in [6, 6.07) is 15.0. The Labute approximate surface area is 123 Å². The largest absolute Gasteiger partial charge is 0.455 e. The number of ether oxygens (including phenoxy) is 1. The third-order valence-electron chi connectivity index (χ3n) is 2.64. The van der Waals surface area contributed by atoms with Crippen molar-refractivity contribution in [2.24, 2.45) is 27.2 Å². The van der Waals surface area contributed by atoms with E-state index in [4.69, 9.17) is 21.9 Å². The summed E-state index contributed by atoms with van der Waals surface area (Å²) in [7, 11) is 0. The van der Waals surface area contributed by atoms with Gasteiger partial charge < -0.3 is 21.9 Å². The van der Waals surface area contributed by atoms with Crippen LogP contribution in [0.2, 0.25) is 0 Å². The van der Waals surface area contributed by atoms with Gasteiger partial charge in [-0.3, -0.25) is 0 Å². The second-order valence-corrected chi connectivity index (χ2v) is 4.34.